The third kappa shape index (κ3) is 2.89. The fourth-order valence-electron chi connectivity index (χ4n) is 5.70. The van der Waals surface area contributed by atoms with Gasteiger partial charge in [0.05, 0.1) is 29.5 Å². The number of halogens is 1. The molecule has 2 bridgehead atoms. The Hall–Kier alpha value is -3.42. The molecule has 0 radical (unpaired) electrons. The maximum atomic E-state index is 13.8. The fourth-order valence-corrected chi connectivity index (χ4v) is 5.70. The van der Waals surface area contributed by atoms with Gasteiger partial charge in [-0.15, -0.1) is 0 Å². The van der Waals surface area contributed by atoms with Crippen LogP contribution in [0.1, 0.15) is 25.7 Å². The minimum atomic E-state index is -0.717. The van der Waals surface area contributed by atoms with Crippen molar-refractivity contribution < 1.29 is 14.3 Å². The number of hydrogen-bond donors (Lipinski definition) is 3. The maximum Gasteiger partial charge on any atom is 0.308 e. The number of aliphatic carboxylic acids is 1. The van der Waals surface area contributed by atoms with Crippen LogP contribution in [0.4, 0.5) is 10.1 Å². The van der Waals surface area contributed by atoms with E-state index < -0.39 is 11.8 Å². The summed E-state index contributed by atoms with van der Waals surface area (Å²) in [6.45, 7) is 0. The number of aromatic amines is 1. The number of pyridine rings is 2. The largest absolute Gasteiger partial charge is 0.481 e. The lowest BCUT2D eigenvalue weighted by Gasteiger charge is -2.47. The molecule has 3 saturated carbocycles. The van der Waals surface area contributed by atoms with E-state index in [1.807, 2.05) is 24.5 Å². The van der Waals surface area contributed by atoms with Crippen molar-refractivity contribution in [3.05, 3.63) is 48.8 Å². The van der Waals surface area contributed by atoms with Crippen LogP contribution in [-0.2, 0) is 4.79 Å². The zero-order valence-corrected chi connectivity index (χ0v) is 16.8. The molecule has 158 valence electrons. The first-order valence-electron chi connectivity index (χ1n) is 10.7. The topological polar surface area (TPSA) is 95.3 Å². The van der Waals surface area contributed by atoms with Gasteiger partial charge in [0.2, 0.25) is 0 Å². The molecule has 7 nitrogen and oxygen atoms in total. The summed E-state index contributed by atoms with van der Waals surface area (Å²) in [5.74, 6) is -0.915. The Balaban J connectivity index is 1.46. The first kappa shape index (κ1) is 18.4. The summed E-state index contributed by atoms with van der Waals surface area (Å²) in [6, 6.07) is 5.28. The normalized spacial score (nSPS) is 25.3. The van der Waals surface area contributed by atoms with Crippen molar-refractivity contribution in [2.24, 2.45) is 17.8 Å². The molecule has 4 aromatic heterocycles. The molecular weight excluding hydrogens is 397 g/mol. The van der Waals surface area contributed by atoms with Crippen molar-refractivity contribution in [1.29, 1.82) is 0 Å². The van der Waals surface area contributed by atoms with Crippen LogP contribution in [0.2, 0.25) is 0 Å². The minimum Gasteiger partial charge on any atom is -0.481 e. The van der Waals surface area contributed by atoms with Crippen LogP contribution in [0.15, 0.2) is 43.0 Å². The molecule has 3 aliphatic carbocycles. The zero-order chi connectivity index (χ0) is 21.1. The van der Waals surface area contributed by atoms with E-state index in [0.29, 0.717) is 17.0 Å². The predicted molar refractivity (Wildman–Crippen MR) is 114 cm³/mol. The Labute approximate surface area is 177 Å². The van der Waals surface area contributed by atoms with Gasteiger partial charge in [-0.1, -0.05) is 0 Å². The minimum absolute atomic E-state index is 0.110. The molecule has 3 N–H and O–H groups in total. The Morgan fingerprint density at radius 2 is 2.03 bits per heavy atom. The highest BCUT2D eigenvalue weighted by Gasteiger charge is 2.47. The van der Waals surface area contributed by atoms with Gasteiger partial charge in [0, 0.05) is 34.9 Å². The standard InChI is InChI=1S/C23H22FN5O2/c24-15-8-16-17(10-26-22(16)25-9-15)14-7-18(19-5-6-27-29(19)11-14)28-21-13-3-1-12(2-4-13)20(21)23(30)31/h5-13,20-21,28H,1-4H2,(H,25,26)(H,30,31)/t12-,13+,20-,21?/m0/s1. The van der Waals surface area contributed by atoms with Gasteiger partial charge in [-0.2, -0.15) is 5.10 Å². The second-order valence-corrected chi connectivity index (χ2v) is 8.76. The lowest BCUT2D eigenvalue weighted by molar-refractivity contribution is -0.148. The Morgan fingerprint density at radius 3 is 2.84 bits per heavy atom. The van der Waals surface area contributed by atoms with E-state index in [4.69, 9.17) is 0 Å². The molecule has 3 fully saturated rings. The Kier molecular flexibility index (Phi) is 4.03. The summed E-state index contributed by atoms with van der Waals surface area (Å²) >= 11 is 0. The summed E-state index contributed by atoms with van der Waals surface area (Å²) in [6.07, 6.45) is 10.7. The van der Waals surface area contributed by atoms with Gasteiger partial charge in [0.25, 0.3) is 0 Å². The average Bonchev–Trinajstić information content (AvgIpc) is 3.41. The number of H-pyrrole nitrogens is 1. The second kappa shape index (κ2) is 6.80. The maximum absolute atomic E-state index is 13.8. The number of nitrogens with one attached hydrogen (secondary N) is 2. The summed E-state index contributed by atoms with van der Waals surface area (Å²) in [5, 5.41) is 18.6. The van der Waals surface area contributed by atoms with Crippen molar-refractivity contribution in [3.63, 3.8) is 0 Å². The van der Waals surface area contributed by atoms with Crippen LogP contribution in [0.5, 0.6) is 0 Å². The predicted octanol–water partition coefficient (Wildman–Crippen LogP) is 4.32. The van der Waals surface area contributed by atoms with E-state index in [2.05, 4.69) is 20.4 Å². The van der Waals surface area contributed by atoms with Gasteiger partial charge >= 0.3 is 5.97 Å². The smallest absolute Gasteiger partial charge is 0.308 e. The number of carbonyl (C=O) groups is 1. The van der Waals surface area contributed by atoms with E-state index in [0.717, 1.165) is 48.0 Å². The number of fused-ring (bicyclic) bond motifs is 5. The van der Waals surface area contributed by atoms with Crippen LogP contribution in [0, 0.1) is 23.6 Å². The van der Waals surface area contributed by atoms with Crippen LogP contribution < -0.4 is 5.32 Å². The molecular formula is C23H22FN5O2. The average molecular weight is 419 g/mol. The highest BCUT2D eigenvalue weighted by molar-refractivity contribution is 5.95. The van der Waals surface area contributed by atoms with Gasteiger partial charge in [0.1, 0.15) is 11.5 Å². The number of rotatable bonds is 4. The van der Waals surface area contributed by atoms with E-state index in [1.165, 1.54) is 12.3 Å². The molecule has 0 spiro atoms. The van der Waals surface area contributed by atoms with Crippen LogP contribution in [-0.4, -0.2) is 36.7 Å². The number of hydrogen-bond acceptors (Lipinski definition) is 4. The van der Waals surface area contributed by atoms with E-state index in [9.17, 15) is 14.3 Å². The molecule has 31 heavy (non-hydrogen) atoms. The number of anilines is 1. The van der Waals surface area contributed by atoms with Gasteiger partial charge in [-0.3, -0.25) is 4.79 Å². The van der Waals surface area contributed by atoms with Gasteiger partial charge < -0.3 is 15.4 Å². The van der Waals surface area contributed by atoms with Crippen molar-refractivity contribution in [2.45, 2.75) is 31.7 Å². The molecule has 1 unspecified atom stereocenters. The van der Waals surface area contributed by atoms with E-state index in [1.54, 1.807) is 10.7 Å². The van der Waals surface area contributed by atoms with E-state index in [-0.39, 0.29) is 17.9 Å². The summed E-state index contributed by atoms with van der Waals surface area (Å²) < 4.78 is 15.6. The summed E-state index contributed by atoms with van der Waals surface area (Å²) in [5.41, 5.74) is 4.02. The molecule has 0 amide bonds. The number of aromatic nitrogens is 4. The summed E-state index contributed by atoms with van der Waals surface area (Å²) in [7, 11) is 0. The third-order valence-electron chi connectivity index (χ3n) is 7.14. The first-order valence-corrected chi connectivity index (χ1v) is 10.7. The number of nitrogens with zero attached hydrogens (tertiary/aromatic N) is 3. The van der Waals surface area contributed by atoms with Crippen molar-refractivity contribution in [2.75, 3.05) is 5.32 Å². The lowest BCUT2D eigenvalue weighted by atomic mass is 9.61. The molecule has 7 rings (SSSR count). The fraction of sp³-hybridized carbons (Fsp3) is 0.348. The van der Waals surface area contributed by atoms with E-state index >= 15 is 0 Å². The first-order chi connectivity index (χ1) is 15.1. The van der Waals surface area contributed by atoms with Crippen molar-refractivity contribution in [1.82, 2.24) is 19.6 Å². The molecule has 8 heteroatoms. The summed E-state index contributed by atoms with van der Waals surface area (Å²) in [4.78, 5) is 19.3. The zero-order valence-electron chi connectivity index (χ0n) is 16.8. The van der Waals surface area contributed by atoms with Crippen molar-refractivity contribution in [3.8, 4) is 11.1 Å². The quantitative estimate of drug-likeness (QED) is 0.458. The molecule has 2 atom stereocenters. The van der Waals surface area contributed by atoms with Crippen LogP contribution in [0.3, 0.4) is 0 Å². The highest BCUT2D eigenvalue weighted by atomic mass is 19.1. The van der Waals surface area contributed by atoms with Crippen LogP contribution in [0.25, 0.3) is 27.7 Å². The van der Waals surface area contributed by atoms with Crippen LogP contribution >= 0.6 is 0 Å². The Bertz CT molecular complexity index is 1300. The molecule has 0 saturated heterocycles. The third-order valence-corrected chi connectivity index (χ3v) is 7.14. The SMILES string of the molecule is O=C(O)[C@@H]1C(Nc2cc(-c3c[nH]c4ncc(F)cc34)cn3nccc23)[C@H]2CC[C@@H]1CC2. The van der Waals surface area contributed by atoms with Gasteiger partial charge in [-0.05, 0) is 55.7 Å². The number of carboxylic acids is 1. The molecule has 0 aliphatic heterocycles. The van der Waals surface area contributed by atoms with Gasteiger partial charge in [0.15, 0.2) is 0 Å². The lowest BCUT2D eigenvalue weighted by Crippen LogP contribution is -2.51. The molecule has 3 aliphatic rings. The monoisotopic (exact) mass is 419 g/mol. The number of carboxylic acid groups (broad SMARTS) is 1. The Morgan fingerprint density at radius 1 is 1.23 bits per heavy atom. The molecule has 4 heterocycles. The molecule has 0 aromatic carbocycles. The highest BCUT2D eigenvalue weighted by Crippen LogP contribution is 2.47. The molecule has 4 aromatic rings. The van der Waals surface area contributed by atoms with Gasteiger partial charge in [-0.25, -0.2) is 13.9 Å². The van der Waals surface area contributed by atoms with Crippen molar-refractivity contribution >= 4 is 28.2 Å². The second-order valence-electron chi connectivity index (χ2n) is 8.76.